The fraction of sp³-hybridized carbons (Fsp3) is 0.600. The third-order valence-electron chi connectivity index (χ3n) is 7.40. The molecule has 200 valence electrons. The molecular weight excluding hydrogens is 494 g/mol. The van der Waals surface area contributed by atoms with Gasteiger partial charge >= 0.3 is 0 Å². The normalized spacial score (nSPS) is 18.1. The molecule has 1 saturated carbocycles. The lowest BCUT2D eigenvalue weighted by Crippen LogP contribution is -2.47. The maximum Gasteiger partial charge on any atom is 0.279 e. The fourth-order valence-electron chi connectivity index (χ4n) is 5.30. The molecule has 1 N–H and O–H groups in total. The Hall–Kier alpha value is -2.83. The third kappa shape index (κ3) is 5.01. The second-order valence-corrected chi connectivity index (χ2v) is 11.8. The van der Waals surface area contributed by atoms with Crippen molar-refractivity contribution in [2.45, 2.75) is 57.4 Å². The number of aryl methyl sites for hydroxylation is 1. The van der Waals surface area contributed by atoms with Crippen LogP contribution in [0.25, 0.3) is 22.4 Å². The van der Waals surface area contributed by atoms with Crippen LogP contribution >= 0.6 is 0 Å². The van der Waals surface area contributed by atoms with E-state index in [2.05, 4.69) is 20.0 Å². The Bertz CT molecular complexity index is 1440. The molecule has 0 bridgehead atoms. The van der Waals surface area contributed by atoms with Crippen molar-refractivity contribution in [3.05, 3.63) is 28.3 Å². The highest BCUT2D eigenvalue weighted by molar-refractivity contribution is 7.89. The van der Waals surface area contributed by atoms with E-state index >= 15 is 0 Å². The fourth-order valence-corrected chi connectivity index (χ4v) is 6.70. The van der Waals surface area contributed by atoms with E-state index in [1.54, 1.807) is 0 Å². The van der Waals surface area contributed by atoms with E-state index in [9.17, 15) is 13.2 Å². The van der Waals surface area contributed by atoms with Gasteiger partial charge < -0.3 is 14.6 Å². The highest BCUT2D eigenvalue weighted by atomic mass is 32.2. The van der Waals surface area contributed by atoms with Crippen LogP contribution in [0.2, 0.25) is 0 Å². The number of hydrogen-bond acceptors (Lipinski definition) is 8. The van der Waals surface area contributed by atoms with Crippen LogP contribution in [-0.4, -0.2) is 82.2 Å². The highest BCUT2D eigenvalue weighted by Crippen LogP contribution is 2.31. The van der Waals surface area contributed by atoms with Crippen molar-refractivity contribution >= 4 is 21.1 Å². The van der Waals surface area contributed by atoms with Gasteiger partial charge in [-0.25, -0.2) is 18.4 Å². The molecule has 11 nitrogen and oxygen atoms in total. The number of piperazine rings is 1. The molecule has 0 atom stereocenters. The zero-order valence-corrected chi connectivity index (χ0v) is 22.6. The number of aromatic nitrogens is 5. The van der Waals surface area contributed by atoms with Gasteiger partial charge in [0.15, 0.2) is 5.52 Å². The topological polar surface area (TPSA) is 126 Å². The van der Waals surface area contributed by atoms with Gasteiger partial charge in [-0.15, -0.1) is 0 Å². The van der Waals surface area contributed by atoms with Crippen molar-refractivity contribution in [3.63, 3.8) is 0 Å². The quantitative estimate of drug-likeness (QED) is 0.471. The van der Waals surface area contributed by atoms with Crippen LogP contribution in [0.4, 0.5) is 0 Å². The smallest absolute Gasteiger partial charge is 0.279 e. The minimum Gasteiger partial charge on any atom is -0.477 e. The molecule has 5 rings (SSSR count). The average molecular weight is 530 g/mol. The number of H-pyrrole nitrogens is 1. The van der Waals surface area contributed by atoms with Gasteiger partial charge in [0.1, 0.15) is 16.2 Å². The third-order valence-corrected chi connectivity index (χ3v) is 9.27. The second kappa shape index (κ2) is 10.5. The highest BCUT2D eigenvalue weighted by Gasteiger charge is 2.29. The molecule has 0 aromatic carbocycles. The summed E-state index contributed by atoms with van der Waals surface area (Å²) < 4.78 is 35.9. The van der Waals surface area contributed by atoms with Crippen LogP contribution in [-0.2, 0) is 23.0 Å². The Balaban J connectivity index is 1.59. The monoisotopic (exact) mass is 529 g/mol. The Morgan fingerprint density at radius 2 is 1.84 bits per heavy atom. The van der Waals surface area contributed by atoms with E-state index in [4.69, 9.17) is 9.72 Å². The molecular formula is C25H35N7O4S. The number of ether oxygens (including phenoxy) is 1. The summed E-state index contributed by atoms with van der Waals surface area (Å²) in [6, 6.07) is 1.50. The van der Waals surface area contributed by atoms with Crippen LogP contribution < -0.4 is 10.3 Å². The van der Waals surface area contributed by atoms with Crippen molar-refractivity contribution in [2.24, 2.45) is 5.92 Å². The summed E-state index contributed by atoms with van der Waals surface area (Å²) in [6.45, 7) is 7.09. The Morgan fingerprint density at radius 1 is 1.11 bits per heavy atom. The summed E-state index contributed by atoms with van der Waals surface area (Å²) in [5.74, 6) is 1.00. The van der Waals surface area contributed by atoms with Gasteiger partial charge in [-0.1, -0.05) is 19.8 Å². The molecule has 37 heavy (non-hydrogen) atoms. The minimum atomic E-state index is -3.77. The van der Waals surface area contributed by atoms with E-state index in [0.29, 0.717) is 61.7 Å². The number of nitrogens with zero attached hydrogens (tertiary/aromatic N) is 6. The zero-order chi connectivity index (χ0) is 26.2. The van der Waals surface area contributed by atoms with Crippen LogP contribution in [0.5, 0.6) is 5.88 Å². The number of rotatable bonds is 8. The second-order valence-electron chi connectivity index (χ2n) is 9.91. The number of aromatic amines is 1. The molecule has 0 spiro atoms. The molecule has 3 aromatic heterocycles. The lowest BCUT2D eigenvalue weighted by molar-refractivity contribution is 0.222. The Labute approximate surface area is 216 Å². The Morgan fingerprint density at radius 3 is 2.51 bits per heavy atom. The predicted molar refractivity (Wildman–Crippen MR) is 140 cm³/mol. The minimum absolute atomic E-state index is 0.0471. The molecule has 1 aliphatic heterocycles. The first-order chi connectivity index (χ1) is 17.8. The van der Waals surface area contributed by atoms with Crippen LogP contribution in [0.3, 0.4) is 0 Å². The van der Waals surface area contributed by atoms with Gasteiger partial charge in [0.05, 0.1) is 24.1 Å². The first-order valence-electron chi connectivity index (χ1n) is 13.1. The van der Waals surface area contributed by atoms with E-state index in [1.165, 1.54) is 42.3 Å². The molecule has 2 aliphatic rings. The van der Waals surface area contributed by atoms with Gasteiger partial charge in [0.2, 0.25) is 15.9 Å². The first-order valence-corrected chi connectivity index (χ1v) is 14.6. The predicted octanol–water partition coefficient (Wildman–Crippen LogP) is 2.27. The maximum atomic E-state index is 13.4. The number of sulfonamides is 1. The molecule has 0 radical (unpaired) electrons. The van der Waals surface area contributed by atoms with E-state index in [1.807, 2.05) is 25.6 Å². The summed E-state index contributed by atoms with van der Waals surface area (Å²) in [5.41, 5.74) is 1.71. The van der Waals surface area contributed by atoms with Crippen LogP contribution in [0, 0.1) is 5.92 Å². The van der Waals surface area contributed by atoms with Crippen molar-refractivity contribution in [1.29, 1.82) is 0 Å². The summed E-state index contributed by atoms with van der Waals surface area (Å²) in [6.07, 6.45) is 6.80. The van der Waals surface area contributed by atoms with Crippen molar-refractivity contribution in [2.75, 3.05) is 39.8 Å². The number of hydrogen-bond donors (Lipinski definition) is 1. The van der Waals surface area contributed by atoms with E-state index in [-0.39, 0.29) is 22.2 Å². The van der Waals surface area contributed by atoms with E-state index < -0.39 is 10.0 Å². The van der Waals surface area contributed by atoms with Gasteiger partial charge in [-0.05, 0) is 45.2 Å². The maximum absolute atomic E-state index is 13.4. The number of likely N-dealkylation sites (N-methyl/N-ethyl adjacent to an activating group) is 1. The van der Waals surface area contributed by atoms with E-state index in [0.717, 1.165) is 12.2 Å². The molecule has 3 aromatic rings. The largest absolute Gasteiger partial charge is 0.477 e. The lowest BCUT2D eigenvalue weighted by atomic mass is 10.1. The molecule has 1 aliphatic carbocycles. The number of nitrogens with one attached hydrogen (secondary N) is 1. The molecule has 4 heterocycles. The summed E-state index contributed by atoms with van der Waals surface area (Å²) in [7, 11) is -1.80. The molecule has 1 saturated heterocycles. The van der Waals surface area contributed by atoms with Gasteiger partial charge in [0.25, 0.3) is 5.56 Å². The molecule has 0 amide bonds. The SMILES string of the molecule is CCOc1ncc(S(=O)(=O)N2CCN(C)CC2)cc1-c1nc2c(CC)n(CC3CCCC3)nc2c(=O)[nH]1. The number of fused-ring (bicyclic) bond motifs is 1. The molecule has 12 heteroatoms. The summed E-state index contributed by atoms with van der Waals surface area (Å²) in [4.78, 5) is 27.2. The van der Waals surface area contributed by atoms with Gasteiger partial charge in [-0.3, -0.25) is 9.48 Å². The standard InChI is InChI=1S/C25H35N7O4S/c1-4-20-21-22(29-32(20)16-17-8-6-7-9-17)24(33)28-23(27-21)19-14-18(15-26-25(19)36-5-2)37(34,35)31-12-10-30(3)11-13-31/h14-15,17H,4-13,16H2,1-3H3,(H,27,28,33). The lowest BCUT2D eigenvalue weighted by Gasteiger charge is -2.31. The van der Waals surface area contributed by atoms with Gasteiger partial charge in [0, 0.05) is 32.7 Å². The van der Waals surface area contributed by atoms with Gasteiger partial charge in [-0.2, -0.15) is 9.40 Å². The van der Waals surface area contributed by atoms with Crippen molar-refractivity contribution in [3.8, 4) is 17.3 Å². The van der Waals surface area contributed by atoms with Crippen molar-refractivity contribution in [1.82, 2.24) is 33.9 Å². The van der Waals surface area contributed by atoms with Crippen LogP contribution in [0.1, 0.15) is 45.2 Å². The summed E-state index contributed by atoms with van der Waals surface area (Å²) in [5, 5.41) is 4.62. The zero-order valence-electron chi connectivity index (χ0n) is 21.7. The van der Waals surface area contributed by atoms with Crippen LogP contribution in [0.15, 0.2) is 22.0 Å². The average Bonchev–Trinajstić information content (AvgIpc) is 3.52. The molecule has 0 unspecified atom stereocenters. The first kappa shape index (κ1) is 25.8. The summed E-state index contributed by atoms with van der Waals surface area (Å²) >= 11 is 0. The molecule has 2 fully saturated rings. The van der Waals surface area contributed by atoms with Crippen molar-refractivity contribution < 1.29 is 13.2 Å². The Kier molecular flexibility index (Phi) is 7.32. The number of pyridine rings is 1.